The van der Waals surface area contributed by atoms with Gasteiger partial charge in [0.15, 0.2) is 0 Å². The second-order valence-corrected chi connectivity index (χ2v) is 7.02. The molecular formula is C18H21FN4O. The van der Waals surface area contributed by atoms with Crippen molar-refractivity contribution in [1.82, 2.24) is 19.7 Å². The van der Waals surface area contributed by atoms with E-state index in [2.05, 4.69) is 14.8 Å². The van der Waals surface area contributed by atoms with Gasteiger partial charge in [-0.05, 0) is 36.5 Å². The third kappa shape index (κ3) is 3.47. The van der Waals surface area contributed by atoms with Crippen molar-refractivity contribution in [2.75, 3.05) is 13.1 Å². The molecule has 2 fully saturated rings. The summed E-state index contributed by atoms with van der Waals surface area (Å²) in [6.45, 7) is 2.58. The maximum Gasteiger partial charge on any atom is 0.227 e. The molecule has 1 saturated carbocycles. The number of benzene rings is 1. The minimum absolute atomic E-state index is 0.109. The highest BCUT2D eigenvalue weighted by Crippen LogP contribution is 2.31. The maximum absolute atomic E-state index is 12.9. The Hall–Kier alpha value is -2.24. The van der Waals surface area contributed by atoms with E-state index < -0.39 is 0 Å². The average Bonchev–Trinajstić information content (AvgIpc) is 3.23. The number of carbonyl (C=O) groups is 1. The molecule has 1 aromatic carbocycles. The first kappa shape index (κ1) is 15.3. The normalized spacial score (nSPS) is 17.8. The SMILES string of the molecule is O=C(Cc1ccc(F)cc1)N1CC(Cc2nncn2CC2CC2)C1. The van der Waals surface area contributed by atoms with Gasteiger partial charge in [-0.3, -0.25) is 4.79 Å². The zero-order valence-corrected chi connectivity index (χ0v) is 13.6. The molecule has 4 rings (SSSR count). The molecule has 1 aliphatic carbocycles. The predicted octanol–water partition coefficient (Wildman–Crippen LogP) is 2.07. The third-order valence-corrected chi connectivity index (χ3v) is 4.90. The highest BCUT2D eigenvalue weighted by atomic mass is 19.1. The van der Waals surface area contributed by atoms with Crippen LogP contribution in [0.25, 0.3) is 0 Å². The van der Waals surface area contributed by atoms with Gasteiger partial charge in [0, 0.05) is 32.0 Å². The number of likely N-dealkylation sites (tertiary alicyclic amines) is 1. The Morgan fingerprint density at radius 1 is 1.17 bits per heavy atom. The summed E-state index contributed by atoms with van der Waals surface area (Å²) < 4.78 is 15.1. The summed E-state index contributed by atoms with van der Waals surface area (Å²) in [5, 5.41) is 8.27. The van der Waals surface area contributed by atoms with Crippen molar-refractivity contribution in [1.29, 1.82) is 0 Å². The molecule has 1 saturated heterocycles. The highest BCUT2D eigenvalue weighted by molar-refractivity contribution is 5.79. The number of carbonyl (C=O) groups excluding carboxylic acids is 1. The van der Waals surface area contributed by atoms with E-state index >= 15 is 0 Å². The van der Waals surface area contributed by atoms with Gasteiger partial charge in [-0.15, -0.1) is 10.2 Å². The molecule has 2 aromatic rings. The van der Waals surface area contributed by atoms with Crippen LogP contribution in [-0.4, -0.2) is 38.7 Å². The van der Waals surface area contributed by atoms with Crippen molar-refractivity contribution < 1.29 is 9.18 Å². The number of aromatic nitrogens is 3. The molecule has 24 heavy (non-hydrogen) atoms. The average molecular weight is 328 g/mol. The number of amides is 1. The summed E-state index contributed by atoms with van der Waals surface area (Å²) in [5.74, 6) is 2.14. The third-order valence-electron chi connectivity index (χ3n) is 4.90. The molecule has 0 atom stereocenters. The summed E-state index contributed by atoms with van der Waals surface area (Å²) in [4.78, 5) is 14.1. The number of hydrogen-bond donors (Lipinski definition) is 0. The summed E-state index contributed by atoms with van der Waals surface area (Å²) in [6.07, 6.45) is 5.67. The molecule has 1 amide bonds. The fourth-order valence-corrected chi connectivity index (χ4v) is 3.22. The van der Waals surface area contributed by atoms with Gasteiger partial charge in [0.25, 0.3) is 0 Å². The van der Waals surface area contributed by atoms with Crippen LogP contribution in [0.3, 0.4) is 0 Å². The van der Waals surface area contributed by atoms with E-state index in [0.717, 1.165) is 43.4 Å². The maximum atomic E-state index is 12.9. The van der Waals surface area contributed by atoms with Crippen LogP contribution in [-0.2, 0) is 24.2 Å². The van der Waals surface area contributed by atoms with Crippen LogP contribution in [0.2, 0.25) is 0 Å². The van der Waals surface area contributed by atoms with Gasteiger partial charge in [-0.2, -0.15) is 0 Å². The molecule has 6 heteroatoms. The van der Waals surface area contributed by atoms with Gasteiger partial charge in [0.1, 0.15) is 18.0 Å². The Balaban J connectivity index is 1.26. The Morgan fingerprint density at radius 3 is 2.62 bits per heavy atom. The molecule has 1 aliphatic heterocycles. The van der Waals surface area contributed by atoms with Crippen molar-refractivity contribution in [3.63, 3.8) is 0 Å². The summed E-state index contributed by atoms with van der Waals surface area (Å²) in [5.41, 5.74) is 0.856. The highest BCUT2D eigenvalue weighted by Gasteiger charge is 2.32. The van der Waals surface area contributed by atoms with Gasteiger partial charge in [-0.1, -0.05) is 12.1 Å². The van der Waals surface area contributed by atoms with Gasteiger partial charge in [0.2, 0.25) is 5.91 Å². The molecule has 0 N–H and O–H groups in total. The molecule has 0 radical (unpaired) electrons. The largest absolute Gasteiger partial charge is 0.342 e. The lowest BCUT2D eigenvalue weighted by molar-refractivity contribution is -0.136. The Morgan fingerprint density at radius 2 is 1.92 bits per heavy atom. The van der Waals surface area contributed by atoms with Crippen LogP contribution in [0.15, 0.2) is 30.6 Å². The summed E-state index contributed by atoms with van der Waals surface area (Å²) in [6, 6.07) is 6.14. The first-order valence-electron chi connectivity index (χ1n) is 8.56. The lowest BCUT2D eigenvalue weighted by Crippen LogP contribution is -2.51. The van der Waals surface area contributed by atoms with Crippen LogP contribution in [0.4, 0.5) is 4.39 Å². The van der Waals surface area contributed by atoms with Crippen molar-refractivity contribution >= 4 is 5.91 Å². The summed E-state index contributed by atoms with van der Waals surface area (Å²) >= 11 is 0. The first-order chi connectivity index (χ1) is 11.7. The zero-order chi connectivity index (χ0) is 16.5. The Bertz CT molecular complexity index is 717. The monoisotopic (exact) mass is 328 g/mol. The first-order valence-corrected chi connectivity index (χ1v) is 8.56. The molecule has 2 aliphatic rings. The van der Waals surface area contributed by atoms with Crippen LogP contribution in [0.5, 0.6) is 0 Å². The summed E-state index contributed by atoms with van der Waals surface area (Å²) in [7, 11) is 0. The van der Waals surface area contributed by atoms with Gasteiger partial charge in [0.05, 0.1) is 6.42 Å². The standard InChI is InChI=1S/C18H21FN4O/c19-16-5-3-13(4-6-16)8-18(24)22-10-15(11-22)7-17-21-20-12-23(17)9-14-1-2-14/h3-6,12,14-15H,1-2,7-11H2. The van der Waals surface area contributed by atoms with Crippen molar-refractivity contribution in [2.24, 2.45) is 11.8 Å². The molecule has 2 heterocycles. The number of hydrogen-bond acceptors (Lipinski definition) is 3. The molecule has 0 unspecified atom stereocenters. The second-order valence-electron chi connectivity index (χ2n) is 7.02. The molecule has 0 spiro atoms. The van der Waals surface area contributed by atoms with Gasteiger partial charge in [-0.25, -0.2) is 4.39 Å². The van der Waals surface area contributed by atoms with E-state index in [1.54, 1.807) is 12.1 Å². The quantitative estimate of drug-likeness (QED) is 0.816. The smallest absolute Gasteiger partial charge is 0.227 e. The predicted molar refractivity (Wildman–Crippen MR) is 86.6 cm³/mol. The number of halogens is 1. The lowest BCUT2D eigenvalue weighted by atomic mass is 9.95. The topological polar surface area (TPSA) is 51.0 Å². The van der Waals surface area contributed by atoms with E-state index in [1.165, 1.54) is 25.0 Å². The fourth-order valence-electron chi connectivity index (χ4n) is 3.22. The van der Waals surface area contributed by atoms with Crippen LogP contribution in [0, 0.1) is 17.7 Å². The van der Waals surface area contributed by atoms with Crippen LogP contribution in [0.1, 0.15) is 24.2 Å². The molecule has 0 bridgehead atoms. The fraction of sp³-hybridized carbons (Fsp3) is 0.500. The molecule has 5 nitrogen and oxygen atoms in total. The minimum atomic E-state index is -0.273. The van der Waals surface area contributed by atoms with E-state index in [9.17, 15) is 9.18 Å². The van der Waals surface area contributed by atoms with E-state index in [-0.39, 0.29) is 11.7 Å². The van der Waals surface area contributed by atoms with Crippen LogP contribution >= 0.6 is 0 Å². The second kappa shape index (κ2) is 6.34. The molecule has 1 aromatic heterocycles. The van der Waals surface area contributed by atoms with Gasteiger partial charge < -0.3 is 9.47 Å². The lowest BCUT2D eigenvalue weighted by Gasteiger charge is -2.39. The Kier molecular flexibility index (Phi) is 4.04. The Labute approximate surface area is 140 Å². The van der Waals surface area contributed by atoms with E-state index in [0.29, 0.717) is 12.3 Å². The number of rotatable bonds is 6. The van der Waals surface area contributed by atoms with E-state index in [4.69, 9.17) is 0 Å². The van der Waals surface area contributed by atoms with Crippen LogP contribution < -0.4 is 0 Å². The molecular weight excluding hydrogens is 307 g/mol. The zero-order valence-electron chi connectivity index (χ0n) is 13.6. The van der Waals surface area contributed by atoms with Crippen molar-refractivity contribution in [3.8, 4) is 0 Å². The van der Waals surface area contributed by atoms with Crippen molar-refractivity contribution in [3.05, 3.63) is 47.8 Å². The van der Waals surface area contributed by atoms with Gasteiger partial charge >= 0.3 is 0 Å². The van der Waals surface area contributed by atoms with E-state index in [1.807, 2.05) is 11.2 Å². The van der Waals surface area contributed by atoms with Crippen molar-refractivity contribution in [2.45, 2.75) is 32.2 Å². The number of nitrogens with zero attached hydrogens (tertiary/aromatic N) is 4. The minimum Gasteiger partial charge on any atom is -0.342 e. The molecule has 126 valence electrons.